The van der Waals surface area contributed by atoms with Crippen molar-refractivity contribution in [3.05, 3.63) is 58.9 Å². The van der Waals surface area contributed by atoms with Crippen LogP contribution in [0.2, 0.25) is 5.02 Å². The van der Waals surface area contributed by atoms with Crippen LogP contribution in [0.3, 0.4) is 0 Å². The predicted octanol–water partition coefficient (Wildman–Crippen LogP) is 3.49. The molecule has 0 spiro atoms. The molecular weight excluding hydrogens is 417 g/mol. The fraction of sp³-hybridized carbons (Fsp3) is 0.350. The summed E-state index contributed by atoms with van der Waals surface area (Å²) in [5.41, 5.74) is 0.379. The first kappa shape index (κ1) is 21.5. The summed E-state index contributed by atoms with van der Waals surface area (Å²) in [5, 5.41) is 2.82. The Kier molecular flexibility index (Phi) is 6.45. The van der Waals surface area contributed by atoms with E-state index in [2.05, 4.69) is 14.9 Å². The number of rotatable bonds is 8. The molecule has 29 heavy (non-hydrogen) atoms. The van der Waals surface area contributed by atoms with E-state index < -0.39 is 15.8 Å². The number of hydrogen-bond donors (Lipinski definition) is 2. The van der Waals surface area contributed by atoms with Gasteiger partial charge in [0.1, 0.15) is 10.7 Å². The van der Waals surface area contributed by atoms with Crippen LogP contribution in [0.25, 0.3) is 0 Å². The van der Waals surface area contributed by atoms with Crippen LogP contribution in [-0.2, 0) is 10.0 Å². The summed E-state index contributed by atoms with van der Waals surface area (Å²) in [4.78, 5) is 14.5. The van der Waals surface area contributed by atoms with E-state index >= 15 is 0 Å². The third-order valence-electron chi connectivity index (χ3n) is 4.96. The SMILES string of the molecule is CC(CNC(=O)c1ccc(Cl)c(S(=O)(=O)Nc2ccc(F)cc2)c1)N(C)C1CC1. The molecule has 0 bridgehead atoms. The molecule has 1 unspecified atom stereocenters. The summed E-state index contributed by atoms with van der Waals surface area (Å²) in [5.74, 6) is -0.859. The van der Waals surface area contributed by atoms with Crippen LogP contribution in [0.15, 0.2) is 47.4 Å². The van der Waals surface area contributed by atoms with Gasteiger partial charge in [-0.1, -0.05) is 11.6 Å². The summed E-state index contributed by atoms with van der Waals surface area (Å²) in [6.45, 7) is 2.48. The van der Waals surface area contributed by atoms with Gasteiger partial charge >= 0.3 is 0 Å². The van der Waals surface area contributed by atoms with Gasteiger partial charge in [0.15, 0.2) is 0 Å². The number of hydrogen-bond acceptors (Lipinski definition) is 4. The van der Waals surface area contributed by atoms with Gasteiger partial charge in [0, 0.05) is 29.9 Å². The number of amides is 1. The Hall–Kier alpha value is -2.16. The predicted molar refractivity (Wildman–Crippen MR) is 111 cm³/mol. The molecule has 1 fully saturated rings. The number of anilines is 1. The Bertz CT molecular complexity index is 995. The van der Waals surface area contributed by atoms with Gasteiger partial charge in [-0.05, 0) is 69.3 Å². The minimum absolute atomic E-state index is 0.0157. The van der Waals surface area contributed by atoms with E-state index in [-0.39, 0.29) is 33.1 Å². The molecule has 156 valence electrons. The van der Waals surface area contributed by atoms with Crippen molar-refractivity contribution in [3.8, 4) is 0 Å². The van der Waals surface area contributed by atoms with Crippen LogP contribution >= 0.6 is 11.6 Å². The number of sulfonamides is 1. The monoisotopic (exact) mass is 439 g/mol. The summed E-state index contributed by atoms with van der Waals surface area (Å²) < 4.78 is 40.7. The number of halogens is 2. The first-order chi connectivity index (χ1) is 13.7. The Morgan fingerprint density at radius 2 is 1.90 bits per heavy atom. The second-order valence-corrected chi connectivity index (χ2v) is 9.27. The Balaban J connectivity index is 1.72. The summed E-state index contributed by atoms with van der Waals surface area (Å²) >= 11 is 6.07. The van der Waals surface area contributed by atoms with E-state index in [4.69, 9.17) is 11.6 Å². The number of nitrogens with one attached hydrogen (secondary N) is 2. The highest BCUT2D eigenvalue weighted by Crippen LogP contribution is 2.27. The second-order valence-electron chi connectivity index (χ2n) is 7.21. The van der Waals surface area contributed by atoms with Crippen molar-refractivity contribution in [1.82, 2.24) is 10.2 Å². The lowest BCUT2D eigenvalue weighted by atomic mass is 10.2. The van der Waals surface area contributed by atoms with Crippen LogP contribution in [0.5, 0.6) is 0 Å². The number of carbonyl (C=O) groups excluding carboxylic acids is 1. The Morgan fingerprint density at radius 1 is 1.24 bits per heavy atom. The van der Waals surface area contributed by atoms with Crippen molar-refractivity contribution in [2.75, 3.05) is 18.3 Å². The highest BCUT2D eigenvalue weighted by atomic mass is 35.5. The maximum atomic E-state index is 13.0. The molecule has 2 aromatic carbocycles. The zero-order valence-corrected chi connectivity index (χ0v) is 17.7. The van der Waals surface area contributed by atoms with Crippen LogP contribution in [0.4, 0.5) is 10.1 Å². The van der Waals surface area contributed by atoms with E-state index in [9.17, 15) is 17.6 Å². The lowest BCUT2D eigenvalue weighted by Crippen LogP contribution is -2.41. The molecule has 0 radical (unpaired) electrons. The topological polar surface area (TPSA) is 78.5 Å². The number of carbonyl (C=O) groups is 1. The number of likely N-dealkylation sites (N-methyl/N-ethyl adjacent to an activating group) is 1. The van der Waals surface area contributed by atoms with E-state index in [0.717, 1.165) is 12.1 Å². The van der Waals surface area contributed by atoms with E-state index in [1.165, 1.54) is 43.2 Å². The highest BCUT2D eigenvalue weighted by Gasteiger charge is 2.29. The van der Waals surface area contributed by atoms with Crippen molar-refractivity contribution < 1.29 is 17.6 Å². The van der Waals surface area contributed by atoms with Crippen molar-refractivity contribution in [2.45, 2.75) is 36.7 Å². The Morgan fingerprint density at radius 3 is 2.52 bits per heavy atom. The van der Waals surface area contributed by atoms with Crippen molar-refractivity contribution in [1.29, 1.82) is 0 Å². The molecule has 6 nitrogen and oxygen atoms in total. The number of benzene rings is 2. The van der Waals surface area contributed by atoms with Crippen molar-refractivity contribution in [3.63, 3.8) is 0 Å². The summed E-state index contributed by atoms with van der Waals surface area (Å²) in [6.07, 6.45) is 2.35. The van der Waals surface area contributed by atoms with Gasteiger partial charge in [-0.15, -0.1) is 0 Å². The van der Waals surface area contributed by atoms with E-state index in [1.807, 2.05) is 14.0 Å². The molecule has 0 saturated heterocycles. The lowest BCUT2D eigenvalue weighted by molar-refractivity contribution is 0.0939. The standard InChI is InChI=1S/C20H23ClFN3O3S/c1-13(25(2)17-8-9-17)12-23-20(26)14-3-10-18(21)19(11-14)29(27,28)24-16-6-4-15(22)5-7-16/h3-7,10-11,13,17,24H,8-9,12H2,1-2H3,(H,23,26). The first-order valence-electron chi connectivity index (χ1n) is 9.25. The van der Waals surface area contributed by atoms with Gasteiger partial charge < -0.3 is 5.32 Å². The molecule has 0 heterocycles. The molecular formula is C20H23ClFN3O3S. The average molecular weight is 440 g/mol. The van der Waals surface area contributed by atoms with Crippen LogP contribution in [0, 0.1) is 5.82 Å². The molecule has 2 aromatic rings. The Labute approximate surface area is 175 Å². The molecule has 3 rings (SSSR count). The van der Waals surface area contributed by atoms with Crippen LogP contribution in [-0.4, -0.2) is 44.9 Å². The van der Waals surface area contributed by atoms with Gasteiger partial charge in [-0.25, -0.2) is 12.8 Å². The van der Waals surface area contributed by atoms with Crippen LogP contribution in [0.1, 0.15) is 30.1 Å². The number of nitrogens with zero attached hydrogens (tertiary/aromatic N) is 1. The van der Waals surface area contributed by atoms with Gasteiger partial charge in [0.05, 0.1) is 5.02 Å². The molecule has 9 heteroatoms. The zero-order chi connectivity index (χ0) is 21.2. The van der Waals surface area contributed by atoms with Gasteiger partial charge in [0.2, 0.25) is 0 Å². The van der Waals surface area contributed by atoms with Gasteiger partial charge in [0.25, 0.3) is 15.9 Å². The molecule has 2 N–H and O–H groups in total. The second kappa shape index (κ2) is 8.69. The average Bonchev–Trinajstić information content (AvgIpc) is 3.52. The molecule has 1 atom stereocenters. The maximum absolute atomic E-state index is 13.0. The zero-order valence-electron chi connectivity index (χ0n) is 16.2. The summed E-state index contributed by atoms with van der Waals surface area (Å²) in [6, 6.07) is 9.71. The molecule has 1 amide bonds. The smallest absolute Gasteiger partial charge is 0.263 e. The minimum Gasteiger partial charge on any atom is -0.350 e. The van der Waals surface area contributed by atoms with Crippen molar-refractivity contribution >= 4 is 33.2 Å². The maximum Gasteiger partial charge on any atom is 0.263 e. The summed E-state index contributed by atoms with van der Waals surface area (Å²) in [7, 11) is -2.02. The quantitative estimate of drug-likeness (QED) is 0.660. The third-order valence-corrected chi connectivity index (χ3v) is 6.82. The largest absolute Gasteiger partial charge is 0.350 e. The molecule has 1 aliphatic carbocycles. The van der Waals surface area contributed by atoms with E-state index in [1.54, 1.807) is 0 Å². The molecule has 1 saturated carbocycles. The highest BCUT2D eigenvalue weighted by molar-refractivity contribution is 7.92. The van der Waals surface area contributed by atoms with Gasteiger partial charge in [-0.2, -0.15) is 0 Å². The molecule has 0 aromatic heterocycles. The first-order valence-corrected chi connectivity index (χ1v) is 11.1. The molecule has 1 aliphatic rings. The fourth-order valence-corrected chi connectivity index (χ4v) is 4.49. The van der Waals surface area contributed by atoms with Crippen LogP contribution < -0.4 is 10.0 Å². The van der Waals surface area contributed by atoms with Gasteiger partial charge in [-0.3, -0.25) is 14.4 Å². The van der Waals surface area contributed by atoms with Crippen molar-refractivity contribution in [2.24, 2.45) is 0 Å². The normalized spacial score (nSPS) is 15.2. The lowest BCUT2D eigenvalue weighted by Gasteiger charge is -2.24. The fourth-order valence-electron chi connectivity index (χ4n) is 2.91. The van der Waals surface area contributed by atoms with E-state index in [0.29, 0.717) is 12.6 Å². The molecule has 0 aliphatic heterocycles. The third kappa shape index (κ3) is 5.46. The minimum atomic E-state index is -4.05.